The smallest absolute Gasteiger partial charge is 0.219 e. The molecule has 1 amide bonds. The van der Waals surface area contributed by atoms with Crippen LogP contribution in [0.1, 0.15) is 61.5 Å². The molecule has 0 bridgehead atoms. The van der Waals surface area contributed by atoms with E-state index in [1.54, 1.807) is 6.92 Å². The molecule has 6 rings (SSSR count). The number of aromatic nitrogens is 2. The molecule has 202 valence electrons. The van der Waals surface area contributed by atoms with Crippen LogP contribution in [-0.4, -0.2) is 47.0 Å². The molecule has 0 fully saturated rings. The molecule has 0 radical (unpaired) electrons. The van der Waals surface area contributed by atoms with Gasteiger partial charge in [-0.15, -0.1) is 0 Å². The number of anilines is 2. The van der Waals surface area contributed by atoms with Crippen LogP contribution >= 0.6 is 0 Å². The molecular weight excluding hydrogens is 482 g/mol. The summed E-state index contributed by atoms with van der Waals surface area (Å²) < 4.78 is 0. The number of hydrogen-bond acceptors (Lipinski definition) is 5. The number of carbonyl (C=O) groups is 1. The third kappa shape index (κ3) is 5.42. The Labute approximate surface area is 231 Å². The minimum Gasteiger partial charge on any atom is -0.384 e. The third-order valence-corrected chi connectivity index (χ3v) is 8.37. The van der Waals surface area contributed by atoms with Crippen molar-refractivity contribution in [3.8, 4) is 0 Å². The molecule has 0 saturated heterocycles. The van der Waals surface area contributed by atoms with E-state index in [4.69, 9.17) is 9.97 Å². The molecule has 0 atom stereocenters. The number of carbonyl (C=O) groups excluding carboxylic acids is 1. The SMILES string of the molecule is CC(=O)N(CCCNc1c2c(nc3ccccc13)CCCC2)CCNc1c2c(nc3ccccc13)CCCC2. The fourth-order valence-electron chi connectivity index (χ4n) is 6.37. The van der Waals surface area contributed by atoms with Gasteiger partial charge >= 0.3 is 0 Å². The summed E-state index contributed by atoms with van der Waals surface area (Å²) in [6.45, 7) is 4.68. The maximum absolute atomic E-state index is 12.5. The first kappa shape index (κ1) is 25.6. The van der Waals surface area contributed by atoms with Crippen molar-refractivity contribution in [1.82, 2.24) is 14.9 Å². The molecule has 2 aliphatic rings. The molecule has 0 unspecified atom stereocenters. The van der Waals surface area contributed by atoms with Gasteiger partial charge in [-0.3, -0.25) is 14.8 Å². The number of fused-ring (bicyclic) bond motifs is 4. The Morgan fingerprint density at radius 1 is 0.718 bits per heavy atom. The van der Waals surface area contributed by atoms with E-state index in [1.807, 2.05) is 4.90 Å². The van der Waals surface area contributed by atoms with Crippen LogP contribution in [0.2, 0.25) is 0 Å². The Balaban J connectivity index is 1.10. The van der Waals surface area contributed by atoms with E-state index in [2.05, 4.69) is 59.2 Å². The number of hydrogen-bond donors (Lipinski definition) is 2. The number of rotatable bonds is 9. The molecule has 0 aliphatic heterocycles. The quantitative estimate of drug-likeness (QED) is 0.253. The molecule has 2 aromatic heterocycles. The Morgan fingerprint density at radius 2 is 1.23 bits per heavy atom. The maximum Gasteiger partial charge on any atom is 0.219 e. The summed E-state index contributed by atoms with van der Waals surface area (Å²) >= 11 is 0. The van der Waals surface area contributed by atoms with Crippen LogP contribution in [0.5, 0.6) is 0 Å². The van der Waals surface area contributed by atoms with E-state index in [0.717, 1.165) is 62.8 Å². The molecule has 39 heavy (non-hydrogen) atoms. The zero-order valence-electron chi connectivity index (χ0n) is 23.1. The predicted octanol–water partition coefficient (Wildman–Crippen LogP) is 6.30. The van der Waals surface area contributed by atoms with E-state index >= 15 is 0 Å². The summed E-state index contributed by atoms with van der Waals surface area (Å²) in [6, 6.07) is 16.9. The second-order valence-electron chi connectivity index (χ2n) is 11.0. The topological polar surface area (TPSA) is 70.2 Å². The van der Waals surface area contributed by atoms with Crippen molar-refractivity contribution in [2.45, 2.75) is 64.7 Å². The maximum atomic E-state index is 12.5. The highest BCUT2D eigenvalue weighted by molar-refractivity contribution is 5.94. The molecule has 0 saturated carbocycles. The first-order valence-electron chi connectivity index (χ1n) is 14.7. The lowest BCUT2D eigenvalue weighted by Gasteiger charge is -2.25. The van der Waals surface area contributed by atoms with E-state index in [9.17, 15) is 4.79 Å². The number of aryl methyl sites for hydroxylation is 2. The molecule has 2 aromatic carbocycles. The minimum atomic E-state index is 0.130. The summed E-state index contributed by atoms with van der Waals surface area (Å²) in [5.74, 6) is 0.130. The number of nitrogens with one attached hydrogen (secondary N) is 2. The molecule has 6 nitrogen and oxygen atoms in total. The van der Waals surface area contributed by atoms with Crippen molar-refractivity contribution in [3.05, 3.63) is 71.0 Å². The average Bonchev–Trinajstić information content (AvgIpc) is 2.97. The Morgan fingerprint density at radius 3 is 1.79 bits per heavy atom. The zero-order valence-corrected chi connectivity index (χ0v) is 23.1. The van der Waals surface area contributed by atoms with Gasteiger partial charge < -0.3 is 15.5 Å². The van der Waals surface area contributed by atoms with Crippen LogP contribution in [0.15, 0.2) is 48.5 Å². The molecule has 2 N–H and O–H groups in total. The summed E-state index contributed by atoms with van der Waals surface area (Å²) in [5, 5.41) is 9.85. The van der Waals surface area contributed by atoms with E-state index in [-0.39, 0.29) is 5.91 Å². The van der Waals surface area contributed by atoms with Gasteiger partial charge in [-0.1, -0.05) is 36.4 Å². The Hall–Kier alpha value is -3.67. The normalized spacial score (nSPS) is 14.6. The second-order valence-corrected chi connectivity index (χ2v) is 11.0. The molecule has 4 aromatic rings. The highest BCUT2D eigenvalue weighted by Crippen LogP contribution is 2.34. The number of pyridine rings is 2. The third-order valence-electron chi connectivity index (χ3n) is 8.37. The minimum absolute atomic E-state index is 0.130. The fraction of sp³-hybridized carbons (Fsp3) is 0.424. The van der Waals surface area contributed by atoms with Gasteiger partial charge in [-0.2, -0.15) is 0 Å². The zero-order chi connectivity index (χ0) is 26.6. The van der Waals surface area contributed by atoms with Crippen LogP contribution in [-0.2, 0) is 30.5 Å². The Bertz CT molecular complexity index is 1500. The van der Waals surface area contributed by atoms with Crippen molar-refractivity contribution in [2.24, 2.45) is 0 Å². The van der Waals surface area contributed by atoms with Gasteiger partial charge in [0.2, 0.25) is 5.91 Å². The van der Waals surface area contributed by atoms with Gasteiger partial charge in [-0.25, -0.2) is 0 Å². The van der Waals surface area contributed by atoms with Gasteiger partial charge in [-0.05, 0) is 81.0 Å². The predicted molar refractivity (Wildman–Crippen MR) is 161 cm³/mol. The summed E-state index contributed by atoms with van der Waals surface area (Å²) in [4.78, 5) is 24.4. The van der Waals surface area contributed by atoms with Gasteiger partial charge in [0.25, 0.3) is 0 Å². The lowest BCUT2D eigenvalue weighted by molar-refractivity contribution is -0.128. The van der Waals surface area contributed by atoms with Crippen molar-refractivity contribution >= 4 is 39.1 Å². The molecule has 2 aliphatic carbocycles. The van der Waals surface area contributed by atoms with Crippen LogP contribution in [0.3, 0.4) is 0 Å². The van der Waals surface area contributed by atoms with Crippen LogP contribution in [0.25, 0.3) is 21.8 Å². The molecule has 0 spiro atoms. The fourth-order valence-corrected chi connectivity index (χ4v) is 6.37. The van der Waals surface area contributed by atoms with Crippen LogP contribution in [0.4, 0.5) is 11.4 Å². The molecule has 6 heteroatoms. The van der Waals surface area contributed by atoms with E-state index in [0.29, 0.717) is 6.54 Å². The van der Waals surface area contributed by atoms with E-state index < -0.39 is 0 Å². The average molecular weight is 522 g/mol. The standard InChI is InChI=1S/C33H39N5O/c1-23(39)38(22-20-35-33-26-13-4-8-17-30(26)37-31-18-9-5-14-27(31)33)21-10-19-34-32-24-11-2-6-15-28(24)36-29-16-7-3-12-25(29)32/h2,4,6,8,11,13,15,17H,3,5,7,9-10,12,14,16,18-22H2,1H3,(H,34,36)(H,35,37). The van der Waals surface area contributed by atoms with Crippen molar-refractivity contribution < 1.29 is 4.79 Å². The first-order chi connectivity index (χ1) is 19.2. The highest BCUT2D eigenvalue weighted by Gasteiger charge is 2.20. The highest BCUT2D eigenvalue weighted by atomic mass is 16.2. The van der Waals surface area contributed by atoms with Crippen molar-refractivity contribution in [2.75, 3.05) is 36.8 Å². The monoisotopic (exact) mass is 521 g/mol. The molecular formula is C33H39N5O. The lowest BCUT2D eigenvalue weighted by Crippen LogP contribution is -2.35. The summed E-state index contributed by atoms with van der Waals surface area (Å²) in [5.41, 5.74) is 9.85. The summed E-state index contributed by atoms with van der Waals surface area (Å²) in [7, 11) is 0. The van der Waals surface area contributed by atoms with Crippen LogP contribution < -0.4 is 10.6 Å². The number of nitrogens with zero attached hydrogens (tertiary/aromatic N) is 3. The number of amides is 1. The number of para-hydroxylation sites is 2. The Kier molecular flexibility index (Phi) is 7.62. The van der Waals surface area contributed by atoms with Crippen LogP contribution in [0, 0.1) is 0 Å². The largest absolute Gasteiger partial charge is 0.384 e. The lowest BCUT2D eigenvalue weighted by atomic mass is 9.92. The first-order valence-corrected chi connectivity index (χ1v) is 14.7. The van der Waals surface area contributed by atoms with Gasteiger partial charge in [0.05, 0.1) is 11.0 Å². The summed E-state index contributed by atoms with van der Waals surface area (Å²) in [6.07, 6.45) is 10.1. The van der Waals surface area contributed by atoms with Gasteiger partial charge in [0.1, 0.15) is 0 Å². The number of benzene rings is 2. The second kappa shape index (κ2) is 11.6. The van der Waals surface area contributed by atoms with Crippen molar-refractivity contribution in [1.29, 1.82) is 0 Å². The van der Waals surface area contributed by atoms with Gasteiger partial charge in [0, 0.05) is 66.6 Å². The van der Waals surface area contributed by atoms with Crippen molar-refractivity contribution in [3.63, 3.8) is 0 Å². The molecule has 2 heterocycles. The van der Waals surface area contributed by atoms with Gasteiger partial charge in [0.15, 0.2) is 0 Å². The van der Waals surface area contributed by atoms with E-state index in [1.165, 1.54) is 70.3 Å².